The number of piperidine rings is 1. The molecule has 6 nitrogen and oxygen atoms in total. The van der Waals surface area contributed by atoms with Crippen LogP contribution < -0.4 is 11.1 Å². The molecule has 2 atom stereocenters. The molecule has 2 saturated heterocycles. The minimum atomic E-state index is -0.118. The van der Waals surface area contributed by atoms with Gasteiger partial charge in [0.15, 0.2) is 5.69 Å². The number of amides is 1. The lowest BCUT2D eigenvalue weighted by Gasteiger charge is -2.32. The van der Waals surface area contributed by atoms with Gasteiger partial charge in [-0.15, -0.1) is 0 Å². The number of rotatable bonds is 3. The Kier molecular flexibility index (Phi) is 3.14. The largest absolute Gasteiger partial charge is 0.395 e. The second-order valence-corrected chi connectivity index (χ2v) is 6.64. The molecule has 114 valence electrons. The quantitative estimate of drug-likeness (QED) is 0.781. The first-order valence-corrected chi connectivity index (χ1v) is 8.12. The summed E-state index contributed by atoms with van der Waals surface area (Å²) in [6.45, 7) is 2.27. The number of aromatic nitrogens is 2. The molecule has 0 aromatic carbocycles. The van der Waals surface area contributed by atoms with Gasteiger partial charge in [0.2, 0.25) is 0 Å². The van der Waals surface area contributed by atoms with E-state index in [1.54, 1.807) is 0 Å². The van der Waals surface area contributed by atoms with Crippen molar-refractivity contribution < 1.29 is 4.79 Å². The summed E-state index contributed by atoms with van der Waals surface area (Å²) < 4.78 is 0. The van der Waals surface area contributed by atoms with Crippen LogP contribution in [0, 0.1) is 0 Å². The molecule has 3 aliphatic rings. The average Bonchev–Trinajstić information content (AvgIpc) is 3.15. The number of nitrogen functional groups attached to an aromatic ring is 1. The monoisotopic (exact) mass is 289 g/mol. The third-order valence-corrected chi connectivity index (χ3v) is 5.21. The fourth-order valence-corrected chi connectivity index (χ4v) is 3.87. The number of hydrogen-bond donors (Lipinski definition) is 3. The number of nitrogens with one attached hydrogen (secondary N) is 2. The molecule has 4 rings (SSSR count). The van der Waals surface area contributed by atoms with Crippen molar-refractivity contribution in [2.24, 2.45) is 0 Å². The van der Waals surface area contributed by atoms with Gasteiger partial charge in [-0.2, -0.15) is 5.10 Å². The molecular formula is C15H23N5O. The zero-order valence-electron chi connectivity index (χ0n) is 12.3. The van der Waals surface area contributed by atoms with Gasteiger partial charge in [0.25, 0.3) is 5.91 Å². The molecule has 0 radical (unpaired) electrons. The summed E-state index contributed by atoms with van der Waals surface area (Å²) in [6.07, 6.45) is 7.07. The van der Waals surface area contributed by atoms with E-state index in [2.05, 4.69) is 20.4 Å². The molecule has 4 N–H and O–H groups in total. The molecule has 21 heavy (non-hydrogen) atoms. The van der Waals surface area contributed by atoms with E-state index in [1.807, 2.05) is 0 Å². The Labute approximate surface area is 124 Å². The Morgan fingerprint density at radius 1 is 1.24 bits per heavy atom. The van der Waals surface area contributed by atoms with Gasteiger partial charge < -0.3 is 11.1 Å². The molecule has 6 heteroatoms. The summed E-state index contributed by atoms with van der Waals surface area (Å²) >= 11 is 0. The molecule has 3 fully saturated rings. The van der Waals surface area contributed by atoms with Crippen LogP contribution in [0.4, 0.5) is 5.69 Å². The van der Waals surface area contributed by atoms with E-state index in [9.17, 15) is 4.79 Å². The van der Waals surface area contributed by atoms with Crippen LogP contribution >= 0.6 is 0 Å². The normalized spacial score (nSPS) is 29.3. The number of hydrogen-bond acceptors (Lipinski definition) is 4. The zero-order valence-corrected chi connectivity index (χ0v) is 12.3. The van der Waals surface area contributed by atoms with Crippen molar-refractivity contribution in [1.82, 2.24) is 20.4 Å². The number of H-pyrrole nitrogens is 1. The van der Waals surface area contributed by atoms with Crippen LogP contribution in [0.3, 0.4) is 0 Å². The third-order valence-electron chi connectivity index (χ3n) is 5.21. The zero-order chi connectivity index (χ0) is 14.4. The Balaban J connectivity index is 1.46. The number of carbonyl (C=O) groups is 1. The number of fused-ring (bicyclic) bond motifs is 1. The molecular weight excluding hydrogens is 266 g/mol. The summed E-state index contributed by atoms with van der Waals surface area (Å²) in [5, 5.41) is 10.3. The van der Waals surface area contributed by atoms with Crippen LogP contribution in [-0.2, 0) is 0 Å². The highest BCUT2D eigenvalue weighted by Gasteiger charge is 2.37. The molecule has 0 spiro atoms. The average molecular weight is 289 g/mol. The minimum Gasteiger partial charge on any atom is -0.395 e. The van der Waals surface area contributed by atoms with Crippen LogP contribution in [-0.4, -0.2) is 46.2 Å². The van der Waals surface area contributed by atoms with Gasteiger partial charge in [-0.05, 0) is 38.6 Å². The van der Waals surface area contributed by atoms with Crippen LogP contribution in [0.1, 0.15) is 60.6 Å². The molecule has 1 saturated carbocycles. The van der Waals surface area contributed by atoms with Crippen molar-refractivity contribution in [3.63, 3.8) is 0 Å². The highest BCUT2D eigenvalue weighted by Crippen LogP contribution is 2.42. The van der Waals surface area contributed by atoms with Gasteiger partial charge in [0.1, 0.15) is 0 Å². The Morgan fingerprint density at radius 3 is 2.90 bits per heavy atom. The summed E-state index contributed by atoms with van der Waals surface area (Å²) in [6, 6.07) is 0.754. The molecule has 1 aromatic heterocycles. The summed E-state index contributed by atoms with van der Waals surface area (Å²) in [4.78, 5) is 15.0. The molecule has 1 amide bonds. The SMILES string of the molecule is Nc1c(C(=O)NC2CCN3CCCCC23)n[nH]c1C1CC1. The number of carbonyl (C=O) groups excluding carboxylic acids is 1. The first-order chi connectivity index (χ1) is 10.2. The van der Waals surface area contributed by atoms with Crippen LogP contribution in [0.5, 0.6) is 0 Å². The Bertz CT molecular complexity index is 550. The van der Waals surface area contributed by atoms with Crippen LogP contribution in [0.2, 0.25) is 0 Å². The van der Waals surface area contributed by atoms with Crippen molar-refractivity contribution in [3.8, 4) is 0 Å². The van der Waals surface area contributed by atoms with E-state index in [-0.39, 0.29) is 11.9 Å². The second-order valence-electron chi connectivity index (χ2n) is 6.64. The van der Waals surface area contributed by atoms with E-state index >= 15 is 0 Å². The van der Waals surface area contributed by atoms with Gasteiger partial charge in [0, 0.05) is 24.5 Å². The number of nitrogens with zero attached hydrogens (tertiary/aromatic N) is 2. The predicted molar refractivity (Wildman–Crippen MR) is 80.1 cm³/mol. The maximum absolute atomic E-state index is 12.5. The number of nitrogens with two attached hydrogens (primary N) is 1. The van der Waals surface area contributed by atoms with Crippen molar-refractivity contribution in [1.29, 1.82) is 0 Å². The molecule has 1 aromatic rings. The molecule has 2 unspecified atom stereocenters. The standard InChI is InChI=1S/C15H23N5O/c16-12-13(9-4-5-9)18-19-14(12)15(21)17-10-6-8-20-7-2-1-3-11(10)20/h9-11H,1-8,16H2,(H,17,21)(H,18,19). The molecule has 3 heterocycles. The maximum atomic E-state index is 12.5. The lowest BCUT2D eigenvalue weighted by molar-refractivity contribution is 0.0911. The number of anilines is 1. The molecule has 1 aliphatic carbocycles. The van der Waals surface area contributed by atoms with Gasteiger partial charge in [-0.1, -0.05) is 6.42 Å². The Morgan fingerprint density at radius 2 is 2.10 bits per heavy atom. The summed E-state index contributed by atoms with van der Waals surface area (Å²) in [5.74, 6) is 0.368. The van der Waals surface area contributed by atoms with E-state index < -0.39 is 0 Å². The molecule has 2 aliphatic heterocycles. The van der Waals surface area contributed by atoms with Crippen LogP contribution in [0.15, 0.2) is 0 Å². The van der Waals surface area contributed by atoms with Crippen molar-refractivity contribution in [3.05, 3.63) is 11.4 Å². The number of aromatic amines is 1. The minimum absolute atomic E-state index is 0.118. The van der Waals surface area contributed by atoms with Gasteiger partial charge in [-0.25, -0.2) is 0 Å². The van der Waals surface area contributed by atoms with E-state index in [1.165, 1.54) is 25.8 Å². The van der Waals surface area contributed by atoms with E-state index in [4.69, 9.17) is 5.73 Å². The fourth-order valence-electron chi connectivity index (χ4n) is 3.87. The van der Waals surface area contributed by atoms with Gasteiger partial charge in [-0.3, -0.25) is 14.8 Å². The topological polar surface area (TPSA) is 87.0 Å². The third kappa shape index (κ3) is 2.31. The predicted octanol–water partition coefficient (Wildman–Crippen LogP) is 1.23. The summed E-state index contributed by atoms with van der Waals surface area (Å²) in [5.41, 5.74) is 7.97. The molecule has 0 bridgehead atoms. The highest BCUT2D eigenvalue weighted by molar-refractivity contribution is 5.98. The van der Waals surface area contributed by atoms with Crippen LogP contribution in [0.25, 0.3) is 0 Å². The van der Waals surface area contributed by atoms with Crippen molar-refractivity contribution in [2.45, 2.75) is 56.5 Å². The fraction of sp³-hybridized carbons (Fsp3) is 0.733. The van der Waals surface area contributed by atoms with Crippen molar-refractivity contribution >= 4 is 11.6 Å². The maximum Gasteiger partial charge on any atom is 0.274 e. The lowest BCUT2D eigenvalue weighted by Crippen LogP contribution is -2.47. The van der Waals surface area contributed by atoms with E-state index in [0.717, 1.165) is 31.5 Å². The summed E-state index contributed by atoms with van der Waals surface area (Å²) in [7, 11) is 0. The highest BCUT2D eigenvalue weighted by atomic mass is 16.2. The van der Waals surface area contributed by atoms with E-state index in [0.29, 0.717) is 23.3 Å². The van der Waals surface area contributed by atoms with Gasteiger partial charge in [0.05, 0.1) is 11.4 Å². The van der Waals surface area contributed by atoms with Gasteiger partial charge >= 0.3 is 0 Å². The first kappa shape index (κ1) is 13.1. The second kappa shape index (κ2) is 5.02. The van der Waals surface area contributed by atoms with Crippen molar-refractivity contribution in [2.75, 3.05) is 18.8 Å². The Hall–Kier alpha value is -1.56. The first-order valence-electron chi connectivity index (χ1n) is 8.12. The smallest absolute Gasteiger partial charge is 0.274 e. The lowest BCUT2D eigenvalue weighted by atomic mass is 9.99.